The van der Waals surface area contributed by atoms with Gasteiger partial charge in [0.25, 0.3) is 0 Å². The van der Waals surface area contributed by atoms with Gasteiger partial charge >= 0.3 is 0 Å². The Kier molecular flexibility index (Phi) is 3.57. The van der Waals surface area contributed by atoms with Crippen LogP contribution in [0.1, 0.15) is 6.92 Å². The molecule has 12 heavy (non-hydrogen) atoms. The lowest BCUT2D eigenvalue weighted by atomic mass is 10.3. The van der Waals surface area contributed by atoms with E-state index in [9.17, 15) is 0 Å². The average molecular weight is 167 g/mol. The molecular weight excluding hydrogens is 152 g/mol. The molecule has 1 atom stereocenters. The molecule has 0 aromatic heterocycles. The molecule has 1 aromatic rings. The molecule has 0 heterocycles. The molecule has 0 aliphatic rings. The molecule has 0 saturated heterocycles. The quantitative estimate of drug-likeness (QED) is 0.485. The van der Waals surface area contributed by atoms with Crippen molar-refractivity contribution in [3.63, 3.8) is 0 Å². The predicted molar refractivity (Wildman–Crippen MR) is 47.5 cm³/mol. The van der Waals surface area contributed by atoms with Gasteiger partial charge in [-0.25, -0.2) is 0 Å². The van der Waals surface area contributed by atoms with Crippen molar-refractivity contribution in [1.29, 1.82) is 0 Å². The minimum Gasteiger partial charge on any atom is -0.487 e. The Labute approximate surface area is 72.5 Å². The zero-order valence-corrected chi connectivity index (χ0v) is 7.23. The van der Waals surface area contributed by atoms with Crippen LogP contribution in [0.5, 0.6) is 5.75 Å². The van der Waals surface area contributed by atoms with Crippen LogP contribution in [0.3, 0.4) is 0 Å². The minimum atomic E-state index is 0.296. The summed E-state index contributed by atoms with van der Waals surface area (Å²) in [6, 6.07) is 10.0. The molecule has 4 N–H and O–H groups in total. The van der Waals surface area contributed by atoms with Crippen LogP contribution in [-0.4, -0.2) is 12.6 Å². The Morgan fingerprint density at radius 2 is 2.08 bits per heavy atom. The lowest BCUT2D eigenvalue weighted by Crippen LogP contribution is -2.96. The highest BCUT2D eigenvalue weighted by atomic mass is 16.5. The van der Waals surface area contributed by atoms with Gasteiger partial charge in [0.2, 0.25) is 0 Å². The molecule has 1 rings (SSSR count). The van der Waals surface area contributed by atoms with E-state index < -0.39 is 0 Å². The van der Waals surface area contributed by atoms with E-state index in [-0.39, 0.29) is 0 Å². The molecule has 0 amide bonds. The first kappa shape index (κ1) is 9.03. The Bertz CT molecular complexity index is 213. The van der Waals surface area contributed by atoms with Crippen LogP contribution in [0.4, 0.5) is 0 Å². The third-order valence-corrected chi connectivity index (χ3v) is 1.58. The number of quaternary nitrogens is 1. The van der Waals surface area contributed by atoms with Crippen LogP contribution in [0.25, 0.3) is 0 Å². The van der Waals surface area contributed by atoms with Gasteiger partial charge in [0.1, 0.15) is 18.4 Å². The zero-order valence-electron chi connectivity index (χ0n) is 7.23. The number of hydrogen-bond donors (Lipinski definition) is 2. The molecule has 0 saturated carbocycles. The fourth-order valence-corrected chi connectivity index (χ4v) is 0.800. The molecule has 0 aliphatic carbocycles. The van der Waals surface area contributed by atoms with Gasteiger partial charge < -0.3 is 4.74 Å². The third-order valence-electron chi connectivity index (χ3n) is 1.58. The molecule has 3 nitrogen and oxygen atoms in total. The lowest BCUT2D eigenvalue weighted by molar-refractivity contribution is -0.699. The zero-order chi connectivity index (χ0) is 8.81. The fourth-order valence-electron chi connectivity index (χ4n) is 0.800. The molecule has 0 bridgehead atoms. The van der Waals surface area contributed by atoms with Crippen molar-refractivity contribution in [3.05, 3.63) is 30.3 Å². The smallest absolute Gasteiger partial charge is 0.141 e. The molecule has 0 radical (unpaired) electrons. The Balaban J connectivity index is 2.33. The Morgan fingerprint density at radius 3 is 2.67 bits per heavy atom. The maximum atomic E-state index is 5.45. The first-order valence-corrected chi connectivity index (χ1v) is 4.06. The number of para-hydroxylation sites is 1. The van der Waals surface area contributed by atoms with Crippen molar-refractivity contribution < 1.29 is 10.2 Å². The maximum absolute atomic E-state index is 5.45. The van der Waals surface area contributed by atoms with Crippen LogP contribution in [0, 0.1) is 0 Å². The SMILES string of the molecule is CC(COc1ccccc1)[NH2+]N. The Hall–Kier alpha value is -1.06. The van der Waals surface area contributed by atoms with Gasteiger partial charge in [0.15, 0.2) is 0 Å². The summed E-state index contributed by atoms with van der Waals surface area (Å²) in [6.07, 6.45) is 0. The second-order valence-corrected chi connectivity index (χ2v) is 2.79. The Morgan fingerprint density at radius 1 is 1.42 bits per heavy atom. The van der Waals surface area contributed by atoms with E-state index in [1.54, 1.807) is 5.43 Å². The van der Waals surface area contributed by atoms with Crippen molar-refractivity contribution in [2.75, 3.05) is 6.61 Å². The number of nitrogens with two attached hydrogens (primary N) is 2. The molecular formula is C9H15N2O+. The molecule has 1 unspecified atom stereocenters. The average Bonchev–Trinajstić information content (AvgIpc) is 2.16. The topological polar surface area (TPSA) is 51.9 Å². The van der Waals surface area contributed by atoms with Gasteiger partial charge in [-0.1, -0.05) is 18.2 Å². The predicted octanol–water partition coefficient (Wildman–Crippen LogP) is -0.109. The van der Waals surface area contributed by atoms with Gasteiger partial charge in [-0.05, 0) is 19.1 Å². The van der Waals surface area contributed by atoms with E-state index in [1.807, 2.05) is 37.3 Å². The van der Waals surface area contributed by atoms with E-state index in [0.29, 0.717) is 12.6 Å². The van der Waals surface area contributed by atoms with Crippen molar-refractivity contribution in [1.82, 2.24) is 0 Å². The number of benzene rings is 1. The van der Waals surface area contributed by atoms with E-state index in [2.05, 4.69) is 0 Å². The highest BCUT2D eigenvalue weighted by Crippen LogP contribution is 2.07. The largest absolute Gasteiger partial charge is 0.487 e. The third kappa shape index (κ3) is 2.90. The normalized spacial score (nSPS) is 12.5. The summed E-state index contributed by atoms with van der Waals surface area (Å²) in [7, 11) is 0. The summed E-state index contributed by atoms with van der Waals surface area (Å²) < 4.78 is 5.45. The van der Waals surface area contributed by atoms with Crippen LogP contribution < -0.4 is 16.0 Å². The molecule has 0 aliphatic heterocycles. The molecule has 1 aromatic carbocycles. The molecule has 66 valence electrons. The van der Waals surface area contributed by atoms with Crippen molar-refractivity contribution >= 4 is 0 Å². The van der Waals surface area contributed by atoms with Gasteiger partial charge in [-0.2, -0.15) is 5.84 Å². The summed E-state index contributed by atoms with van der Waals surface area (Å²) in [5.41, 5.74) is 1.64. The summed E-state index contributed by atoms with van der Waals surface area (Å²) in [5.74, 6) is 6.23. The van der Waals surface area contributed by atoms with Crippen LogP contribution in [0.15, 0.2) is 30.3 Å². The highest BCUT2D eigenvalue weighted by molar-refractivity contribution is 5.20. The first-order chi connectivity index (χ1) is 5.83. The van der Waals surface area contributed by atoms with E-state index in [1.165, 1.54) is 0 Å². The van der Waals surface area contributed by atoms with Crippen molar-refractivity contribution in [2.24, 2.45) is 5.84 Å². The fraction of sp³-hybridized carbons (Fsp3) is 0.333. The van der Waals surface area contributed by atoms with Crippen LogP contribution in [0.2, 0.25) is 0 Å². The second-order valence-electron chi connectivity index (χ2n) is 2.79. The first-order valence-electron chi connectivity index (χ1n) is 4.06. The van der Waals surface area contributed by atoms with Crippen molar-refractivity contribution in [3.8, 4) is 5.75 Å². The summed E-state index contributed by atoms with van der Waals surface area (Å²) in [6.45, 7) is 2.66. The lowest BCUT2D eigenvalue weighted by Gasteiger charge is -2.08. The van der Waals surface area contributed by atoms with Gasteiger partial charge in [-0.3, -0.25) is 5.43 Å². The number of hydrogen-bond acceptors (Lipinski definition) is 2. The monoisotopic (exact) mass is 167 g/mol. The van der Waals surface area contributed by atoms with Crippen LogP contribution in [-0.2, 0) is 0 Å². The standard InChI is InChI=1S/C9H14N2O/c1-8(11-10)7-12-9-5-3-2-4-6-9/h2-6,8,11H,7,10H2,1H3/p+1. The van der Waals surface area contributed by atoms with Crippen LogP contribution >= 0.6 is 0 Å². The number of ether oxygens (including phenoxy) is 1. The summed E-state index contributed by atoms with van der Waals surface area (Å²) in [4.78, 5) is 0. The second kappa shape index (κ2) is 4.74. The van der Waals surface area contributed by atoms with Gasteiger partial charge in [-0.15, -0.1) is 0 Å². The van der Waals surface area contributed by atoms with Gasteiger partial charge in [0.05, 0.1) is 0 Å². The maximum Gasteiger partial charge on any atom is 0.141 e. The molecule has 0 spiro atoms. The summed E-state index contributed by atoms with van der Waals surface area (Å²) in [5, 5.41) is 0. The summed E-state index contributed by atoms with van der Waals surface area (Å²) >= 11 is 0. The van der Waals surface area contributed by atoms with Gasteiger partial charge in [0, 0.05) is 0 Å². The van der Waals surface area contributed by atoms with Crippen molar-refractivity contribution in [2.45, 2.75) is 13.0 Å². The van der Waals surface area contributed by atoms with E-state index in [0.717, 1.165) is 5.75 Å². The molecule has 0 fully saturated rings. The van der Waals surface area contributed by atoms with E-state index >= 15 is 0 Å². The molecule has 3 heteroatoms. The van der Waals surface area contributed by atoms with E-state index in [4.69, 9.17) is 10.6 Å². The minimum absolute atomic E-state index is 0.296. The highest BCUT2D eigenvalue weighted by Gasteiger charge is 2.01. The number of rotatable bonds is 4.